The molecule has 1 fully saturated rings. The standard InChI is InChI=1S/C16H18N2O3/c19-15(17-7-2-1-3-8-17)11-18-9-6-12-4-5-13(16(20)21)10-14(12)18/h4-6,9-10H,1-3,7-8,11H2,(H,20,21). The molecule has 1 N–H and O–H groups in total. The van der Waals surface area contributed by atoms with Crippen molar-refractivity contribution in [1.29, 1.82) is 0 Å². The first-order valence-electron chi connectivity index (χ1n) is 7.25. The van der Waals surface area contributed by atoms with Crippen LogP contribution in [-0.4, -0.2) is 39.5 Å². The Kier molecular flexibility index (Phi) is 3.64. The Balaban J connectivity index is 1.84. The quantitative estimate of drug-likeness (QED) is 0.942. The van der Waals surface area contributed by atoms with Gasteiger partial charge in [-0.2, -0.15) is 0 Å². The van der Waals surface area contributed by atoms with Crippen LogP contribution in [0.25, 0.3) is 10.9 Å². The van der Waals surface area contributed by atoms with Crippen LogP contribution in [0.4, 0.5) is 0 Å². The number of piperidine rings is 1. The zero-order valence-corrected chi connectivity index (χ0v) is 11.8. The van der Waals surface area contributed by atoms with E-state index < -0.39 is 5.97 Å². The van der Waals surface area contributed by atoms with Gasteiger partial charge in [-0.25, -0.2) is 4.79 Å². The molecule has 0 unspecified atom stereocenters. The lowest BCUT2D eigenvalue weighted by Crippen LogP contribution is -2.37. The van der Waals surface area contributed by atoms with Crippen LogP contribution in [0.15, 0.2) is 30.5 Å². The Bertz CT molecular complexity index is 684. The van der Waals surface area contributed by atoms with Gasteiger partial charge in [0.05, 0.1) is 5.56 Å². The summed E-state index contributed by atoms with van der Waals surface area (Å²) in [6.45, 7) is 1.93. The lowest BCUT2D eigenvalue weighted by Gasteiger charge is -2.27. The second-order valence-electron chi connectivity index (χ2n) is 5.46. The molecule has 0 radical (unpaired) electrons. The average molecular weight is 286 g/mol. The third kappa shape index (κ3) is 2.77. The summed E-state index contributed by atoms with van der Waals surface area (Å²) in [7, 11) is 0. The van der Waals surface area contributed by atoms with E-state index in [9.17, 15) is 9.59 Å². The summed E-state index contributed by atoms with van der Waals surface area (Å²) in [5, 5.41) is 10.0. The van der Waals surface area contributed by atoms with Crippen molar-refractivity contribution in [1.82, 2.24) is 9.47 Å². The van der Waals surface area contributed by atoms with Crippen LogP contribution in [0.2, 0.25) is 0 Å². The number of fused-ring (bicyclic) bond motifs is 1. The van der Waals surface area contributed by atoms with Gasteiger partial charge in [0.2, 0.25) is 5.91 Å². The van der Waals surface area contributed by atoms with E-state index in [0.29, 0.717) is 0 Å². The Hall–Kier alpha value is -2.30. The van der Waals surface area contributed by atoms with E-state index in [4.69, 9.17) is 5.11 Å². The predicted molar refractivity (Wildman–Crippen MR) is 79.3 cm³/mol. The largest absolute Gasteiger partial charge is 0.478 e. The van der Waals surface area contributed by atoms with E-state index in [2.05, 4.69) is 0 Å². The minimum atomic E-state index is -0.952. The fraction of sp³-hybridized carbons (Fsp3) is 0.375. The number of hydrogen-bond donors (Lipinski definition) is 1. The van der Waals surface area contributed by atoms with Gasteiger partial charge >= 0.3 is 5.97 Å². The second-order valence-corrected chi connectivity index (χ2v) is 5.46. The first-order valence-corrected chi connectivity index (χ1v) is 7.25. The number of aromatic nitrogens is 1. The van der Waals surface area contributed by atoms with Gasteiger partial charge in [0.25, 0.3) is 0 Å². The molecule has 0 spiro atoms. The average Bonchev–Trinajstić information content (AvgIpc) is 2.90. The number of hydrogen-bond acceptors (Lipinski definition) is 2. The van der Waals surface area contributed by atoms with E-state index in [1.54, 1.807) is 18.2 Å². The Morgan fingerprint density at radius 2 is 1.86 bits per heavy atom. The highest BCUT2D eigenvalue weighted by atomic mass is 16.4. The molecule has 5 heteroatoms. The summed E-state index contributed by atoms with van der Waals surface area (Å²) in [6.07, 6.45) is 5.18. The van der Waals surface area contributed by atoms with Crippen molar-refractivity contribution in [3.05, 3.63) is 36.0 Å². The summed E-state index contributed by atoms with van der Waals surface area (Å²) < 4.78 is 1.83. The van der Waals surface area contributed by atoms with Crippen molar-refractivity contribution in [2.24, 2.45) is 0 Å². The summed E-state index contributed by atoms with van der Waals surface area (Å²) in [4.78, 5) is 25.3. The van der Waals surface area contributed by atoms with Gasteiger partial charge < -0.3 is 14.6 Å². The van der Waals surface area contributed by atoms with Crippen molar-refractivity contribution in [2.45, 2.75) is 25.8 Å². The van der Waals surface area contributed by atoms with Gasteiger partial charge in [0.1, 0.15) is 6.54 Å². The van der Waals surface area contributed by atoms with Gasteiger partial charge in [-0.05, 0) is 42.8 Å². The Morgan fingerprint density at radius 3 is 2.57 bits per heavy atom. The molecule has 2 heterocycles. The van der Waals surface area contributed by atoms with Crippen LogP contribution in [-0.2, 0) is 11.3 Å². The molecule has 1 aromatic heterocycles. The molecule has 1 saturated heterocycles. The molecule has 110 valence electrons. The van der Waals surface area contributed by atoms with Crippen molar-refractivity contribution in [3.8, 4) is 0 Å². The van der Waals surface area contributed by atoms with Crippen LogP contribution in [0.3, 0.4) is 0 Å². The first kappa shape index (κ1) is 13.7. The molecule has 1 aromatic carbocycles. The molecule has 0 atom stereocenters. The number of nitrogens with zero attached hydrogens (tertiary/aromatic N) is 2. The Morgan fingerprint density at radius 1 is 1.10 bits per heavy atom. The highest BCUT2D eigenvalue weighted by Crippen LogP contribution is 2.19. The number of carboxylic acids is 1. The SMILES string of the molecule is O=C(O)c1ccc2ccn(CC(=O)N3CCCCC3)c2c1. The fourth-order valence-corrected chi connectivity index (χ4v) is 2.84. The summed E-state index contributed by atoms with van der Waals surface area (Å²) in [6, 6.07) is 6.90. The van der Waals surface area contributed by atoms with Gasteiger partial charge in [-0.15, -0.1) is 0 Å². The maximum atomic E-state index is 12.3. The lowest BCUT2D eigenvalue weighted by atomic mass is 10.1. The first-order chi connectivity index (χ1) is 10.1. The van der Waals surface area contributed by atoms with Crippen LogP contribution in [0, 0.1) is 0 Å². The highest BCUT2D eigenvalue weighted by molar-refractivity contribution is 5.94. The zero-order valence-electron chi connectivity index (χ0n) is 11.8. The third-order valence-corrected chi connectivity index (χ3v) is 4.04. The minimum Gasteiger partial charge on any atom is -0.478 e. The molecule has 21 heavy (non-hydrogen) atoms. The number of carboxylic acid groups (broad SMARTS) is 1. The molecule has 3 rings (SSSR count). The molecule has 0 saturated carbocycles. The summed E-state index contributed by atoms with van der Waals surface area (Å²) in [5.41, 5.74) is 1.04. The van der Waals surface area contributed by atoms with Gasteiger partial charge in [-0.1, -0.05) is 6.07 Å². The number of likely N-dealkylation sites (tertiary alicyclic amines) is 1. The molecule has 5 nitrogen and oxygen atoms in total. The number of carbonyl (C=O) groups excluding carboxylic acids is 1. The molecule has 2 aromatic rings. The number of aromatic carboxylic acids is 1. The number of carbonyl (C=O) groups is 2. The second kappa shape index (κ2) is 5.60. The van der Waals surface area contributed by atoms with E-state index in [0.717, 1.165) is 36.8 Å². The van der Waals surface area contributed by atoms with E-state index in [1.807, 2.05) is 21.7 Å². The lowest BCUT2D eigenvalue weighted by molar-refractivity contribution is -0.132. The van der Waals surface area contributed by atoms with E-state index in [-0.39, 0.29) is 18.0 Å². The van der Waals surface area contributed by atoms with Crippen LogP contribution in [0.1, 0.15) is 29.6 Å². The zero-order chi connectivity index (χ0) is 14.8. The van der Waals surface area contributed by atoms with E-state index in [1.165, 1.54) is 6.42 Å². The molecule has 0 bridgehead atoms. The number of rotatable bonds is 3. The predicted octanol–water partition coefficient (Wildman–Crippen LogP) is 2.35. The van der Waals surface area contributed by atoms with Gasteiger partial charge in [0, 0.05) is 24.8 Å². The fourth-order valence-electron chi connectivity index (χ4n) is 2.84. The topological polar surface area (TPSA) is 62.5 Å². The molecule has 1 aliphatic heterocycles. The smallest absolute Gasteiger partial charge is 0.335 e. The van der Waals surface area contributed by atoms with Crippen LogP contribution in [0.5, 0.6) is 0 Å². The molecule has 1 aliphatic rings. The third-order valence-electron chi connectivity index (χ3n) is 4.04. The van der Waals surface area contributed by atoms with Crippen molar-refractivity contribution in [3.63, 3.8) is 0 Å². The monoisotopic (exact) mass is 286 g/mol. The van der Waals surface area contributed by atoms with Crippen molar-refractivity contribution in [2.75, 3.05) is 13.1 Å². The van der Waals surface area contributed by atoms with Crippen molar-refractivity contribution >= 4 is 22.8 Å². The van der Waals surface area contributed by atoms with E-state index >= 15 is 0 Å². The van der Waals surface area contributed by atoms with Gasteiger partial charge in [0.15, 0.2) is 0 Å². The molecule has 1 amide bonds. The van der Waals surface area contributed by atoms with Crippen LogP contribution >= 0.6 is 0 Å². The molecular formula is C16H18N2O3. The van der Waals surface area contributed by atoms with Gasteiger partial charge in [-0.3, -0.25) is 4.79 Å². The normalized spacial score (nSPS) is 15.3. The highest BCUT2D eigenvalue weighted by Gasteiger charge is 2.17. The minimum absolute atomic E-state index is 0.105. The molecular weight excluding hydrogens is 268 g/mol. The summed E-state index contributed by atoms with van der Waals surface area (Å²) >= 11 is 0. The van der Waals surface area contributed by atoms with Crippen molar-refractivity contribution < 1.29 is 14.7 Å². The Labute approximate surface area is 122 Å². The maximum Gasteiger partial charge on any atom is 0.335 e. The molecule has 0 aliphatic carbocycles. The summed E-state index contributed by atoms with van der Waals surface area (Å²) in [5.74, 6) is -0.847. The maximum absolute atomic E-state index is 12.3. The number of amides is 1. The number of benzene rings is 1. The van der Waals surface area contributed by atoms with Crippen LogP contribution < -0.4 is 0 Å².